The van der Waals surface area contributed by atoms with Crippen LogP contribution in [0.5, 0.6) is 0 Å². The topological polar surface area (TPSA) is 52.3 Å². The fourth-order valence-corrected chi connectivity index (χ4v) is 0.428. The summed E-state index contributed by atoms with van der Waals surface area (Å²) in [5.41, 5.74) is 5.14. The summed E-state index contributed by atoms with van der Waals surface area (Å²) >= 11 is 0. The Kier molecular flexibility index (Phi) is 3.39. The van der Waals surface area contributed by atoms with Crippen molar-refractivity contribution in [1.82, 2.24) is 0 Å². The van der Waals surface area contributed by atoms with Crippen LogP contribution < -0.4 is 5.73 Å². The van der Waals surface area contributed by atoms with Gasteiger partial charge in [-0.3, -0.25) is 4.79 Å². The lowest BCUT2D eigenvalue weighted by Gasteiger charge is -2.06. The lowest BCUT2D eigenvalue weighted by molar-refractivity contribution is -0.125. The second-order valence-electron chi connectivity index (χ2n) is 1.57. The van der Waals surface area contributed by atoms with E-state index in [1.807, 2.05) is 0 Å². The van der Waals surface area contributed by atoms with E-state index in [2.05, 4.69) is 4.74 Å². The largest absolute Gasteiger partial charge is 0.372 e. The third-order valence-corrected chi connectivity index (χ3v) is 0.952. The van der Waals surface area contributed by atoms with Crippen LogP contribution in [0.4, 0.5) is 0 Å². The molecular formula is C5H11NO2. The number of nitrogens with two attached hydrogens (primary N) is 1. The highest BCUT2D eigenvalue weighted by atomic mass is 16.5. The molecule has 0 amide bonds. The molecule has 48 valence electrons. The van der Waals surface area contributed by atoms with Gasteiger partial charge in [-0.05, 0) is 6.92 Å². The average molecular weight is 117 g/mol. The summed E-state index contributed by atoms with van der Waals surface area (Å²) in [6.45, 7) is 1.73. The zero-order chi connectivity index (χ0) is 6.57. The van der Waals surface area contributed by atoms with Gasteiger partial charge < -0.3 is 10.5 Å². The number of rotatable bonds is 3. The Labute approximate surface area is 48.8 Å². The van der Waals surface area contributed by atoms with Crippen LogP contribution in [-0.4, -0.2) is 25.5 Å². The van der Waals surface area contributed by atoms with Crippen LogP contribution in [0.2, 0.25) is 0 Å². The van der Waals surface area contributed by atoms with Crippen LogP contribution in [0.25, 0.3) is 0 Å². The van der Waals surface area contributed by atoms with Crippen molar-refractivity contribution in [2.45, 2.75) is 13.0 Å². The molecule has 1 unspecified atom stereocenters. The van der Waals surface area contributed by atoms with Crippen molar-refractivity contribution in [3.05, 3.63) is 0 Å². The van der Waals surface area contributed by atoms with E-state index in [1.54, 1.807) is 0 Å². The Balaban J connectivity index is 3.52. The smallest absolute Gasteiger partial charge is 0.159 e. The van der Waals surface area contributed by atoms with Crippen LogP contribution >= 0.6 is 0 Å². The van der Waals surface area contributed by atoms with Gasteiger partial charge in [0.1, 0.15) is 6.10 Å². The molecule has 0 aliphatic carbocycles. The Morgan fingerprint density at radius 1 is 1.88 bits per heavy atom. The normalized spacial score (nSPS) is 13.4. The molecule has 0 aliphatic rings. The molecule has 3 nitrogen and oxygen atoms in total. The van der Waals surface area contributed by atoms with Gasteiger partial charge in [0.2, 0.25) is 0 Å². The Bertz CT molecular complexity index is 78.5. The molecule has 0 aromatic rings. The Morgan fingerprint density at radius 3 is 2.38 bits per heavy atom. The lowest BCUT2D eigenvalue weighted by Crippen LogP contribution is -2.29. The van der Waals surface area contributed by atoms with Gasteiger partial charge in [0.05, 0.1) is 0 Å². The minimum Gasteiger partial charge on any atom is -0.372 e. The minimum atomic E-state index is -0.407. The summed E-state index contributed by atoms with van der Waals surface area (Å²) in [6.07, 6.45) is -0.407. The first-order chi connectivity index (χ1) is 3.72. The SMILES string of the molecule is COC(CN)C(C)=O. The van der Waals surface area contributed by atoms with Crippen LogP contribution in [-0.2, 0) is 9.53 Å². The van der Waals surface area contributed by atoms with Gasteiger partial charge in [0.15, 0.2) is 5.78 Å². The number of carbonyl (C=O) groups is 1. The molecule has 0 aromatic heterocycles. The van der Waals surface area contributed by atoms with Crippen LogP contribution in [0.15, 0.2) is 0 Å². The van der Waals surface area contributed by atoms with E-state index < -0.39 is 6.10 Å². The summed E-state index contributed by atoms with van der Waals surface area (Å²) in [4.78, 5) is 10.4. The summed E-state index contributed by atoms with van der Waals surface area (Å²) in [7, 11) is 1.47. The number of hydrogen-bond acceptors (Lipinski definition) is 3. The fourth-order valence-electron chi connectivity index (χ4n) is 0.428. The average Bonchev–Trinajstić information content (AvgIpc) is 1.69. The summed E-state index contributed by atoms with van der Waals surface area (Å²) in [6, 6.07) is 0. The maximum absolute atomic E-state index is 10.4. The first kappa shape index (κ1) is 7.59. The molecule has 3 heteroatoms. The monoisotopic (exact) mass is 117 g/mol. The number of ether oxygens (including phenoxy) is 1. The number of Topliss-reactive ketones (excluding diaryl/α,β-unsaturated/α-hetero) is 1. The first-order valence-electron chi connectivity index (χ1n) is 2.45. The van der Waals surface area contributed by atoms with Gasteiger partial charge in [0, 0.05) is 13.7 Å². The van der Waals surface area contributed by atoms with E-state index >= 15 is 0 Å². The van der Waals surface area contributed by atoms with Crippen LogP contribution in [0.3, 0.4) is 0 Å². The maximum Gasteiger partial charge on any atom is 0.159 e. The predicted octanol–water partition coefficient (Wildman–Crippen LogP) is -0.451. The zero-order valence-corrected chi connectivity index (χ0v) is 5.18. The number of hydrogen-bond donors (Lipinski definition) is 1. The van der Waals surface area contributed by atoms with Crippen molar-refractivity contribution in [2.75, 3.05) is 13.7 Å². The summed E-state index contributed by atoms with van der Waals surface area (Å²) in [5.74, 6) is -0.0185. The molecule has 1 atom stereocenters. The molecule has 0 aliphatic heterocycles. The highest BCUT2D eigenvalue weighted by Crippen LogP contribution is 1.85. The van der Waals surface area contributed by atoms with E-state index in [1.165, 1.54) is 14.0 Å². The lowest BCUT2D eigenvalue weighted by atomic mass is 10.2. The van der Waals surface area contributed by atoms with Gasteiger partial charge in [-0.25, -0.2) is 0 Å². The minimum absolute atomic E-state index is 0.0185. The van der Waals surface area contributed by atoms with E-state index in [-0.39, 0.29) is 12.3 Å². The van der Waals surface area contributed by atoms with Crippen molar-refractivity contribution >= 4 is 5.78 Å². The van der Waals surface area contributed by atoms with Crippen LogP contribution in [0.1, 0.15) is 6.92 Å². The quantitative estimate of drug-likeness (QED) is 0.544. The predicted molar refractivity (Wildman–Crippen MR) is 30.5 cm³/mol. The number of carbonyl (C=O) groups excluding carboxylic acids is 1. The van der Waals surface area contributed by atoms with E-state index in [0.29, 0.717) is 0 Å². The standard InChI is InChI=1S/C5H11NO2/c1-4(7)5(3-6)8-2/h5H,3,6H2,1-2H3. The highest BCUT2D eigenvalue weighted by Gasteiger charge is 2.08. The maximum atomic E-state index is 10.4. The Hall–Kier alpha value is -0.410. The second-order valence-corrected chi connectivity index (χ2v) is 1.57. The highest BCUT2D eigenvalue weighted by molar-refractivity contribution is 5.80. The fraction of sp³-hybridized carbons (Fsp3) is 0.800. The summed E-state index contributed by atoms with van der Waals surface area (Å²) in [5, 5.41) is 0. The molecule has 2 N–H and O–H groups in total. The van der Waals surface area contributed by atoms with Gasteiger partial charge >= 0.3 is 0 Å². The van der Waals surface area contributed by atoms with Crippen molar-refractivity contribution in [3.63, 3.8) is 0 Å². The molecule has 0 fully saturated rings. The zero-order valence-electron chi connectivity index (χ0n) is 5.18. The molecule has 0 rings (SSSR count). The molecule has 8 heavy (non-hydrogen) atoms. The third-order valence-electron chi connectivity index (χ3n) is 0.952. The second kappa shape index (κ2) is 3.57. The molecule has 0 heterocycles. The molecule has 0 radical (unpaired) electrons. The molecule has 0 bridgehead atoms. The van der Waals surface area contributed by atoms with Crippen molar-refractivity contribution in [2.24, 2.45) is 5.73 Å². The van der Waals surface area contributed by atoms with Gasteiger partial charge in [0.25, 0.3) is 0 Å². The Morgan fingerprint density at radius 2 is 2.38 bits per heavy atom. The molecule has 0 saturated carbocycles. The molecular weight excluding hydrogens is 106 g/mol. The number of methoxy groups -OCH3 is 1. The molecule has 0 aromatic carbocycles. The van der Waals surface area contributed by atoms with E-state index in [4.69, 9.17) is 5.73 Å². The van der Waals surface area contributed by atoms with E-state index in [9.17, 15) is 4.79 Å². The van der Waals surface area contributed by atoms with Crippen molar-refractivity contribution in [1.29, 1.82) is 0 Å². The first-order valence-corrected chi connectivity index (χ1v) is 2.45. The molecule has 0 spiro atoms. The molecule has 0 saturated heterocycles. The van der Waals surface area contributed by atoms with Crippen molar-refractivity contribution < 1.29 is 9.53 Å². The number of ketones is 1. The van der Waals surface area contributed by atoms with Gasteiger partial charge in [-0.2, -0.15) is 0 Å². The van der Waals surface area contributed by atoms with Crippen molar-refractivity contribution in [3.8, 4) is 0 Å². The van der Waals surface area contributed by atoms with Crippen LogP contribution in [0, 0.1) is 0 Å². The third kappa shape index (κ3) is 2.04. The summed E-state index contributed by atoms with van der Waals surface area (Å²) < 4.78 is 4.69. The van der Waals surface area contributed by atoms with E-state index in [0.717, 1.165) is 0 Å². The van der Waals surface area contributed by atoms with Gasteiger partial charge in [-0.15, -0.1) is 0 Å². The van der Waals surface area contributed by atoms with Gasteiger partial charge in [-0.1, -0.05) is 0 Å².